The normalized spacial score (nSPS) is 10.7. The molecule has 96 valence electrons. The maximum absolute atomic E-state index is 9.09. The number of rotatable bonds is 4. The second-order valence-electron chi connectivity index (χ2n) is 4.29. The van der Waals surface area contributed by atoms with Crippen molar-refractivity contribution in [2.24, 2.45) is 0 Å². The molecule has 18 heavy (non-hydrogen) atoms. The first kappa shape index (κ1) is 12.6. The van der Waals surface area contributed by atoms with Crippen LogP contribution in [0.5, 0.6) is 5.88 Å². The molecule has 0 saturated carbocycles. The zero-order valence-corrected chi connectivity index (χ0v) is 11.0. The van der Waals surface area contributed by atoms with Gasteiger partial charge in [0.05, 0.1) is 18.5 Å². The molecule has 4 heteroatoms. The number of methoxy groups -OCH3 is 1. The molecular weight excluding hydrogens is 228 g/mol. The molecule has 1 aromatic carbocycles. The highest BCUT2D eigenvalue weighted by molar-refractivity contribution is 5.42. The van der Waals surface area contributed by atoms with Gasteiger partial charge in [-0.05, 0) is 26.0 Å². The van der Waals surface area contributed by atoms with Crippen LogP contribution in [-0.4, -0.2) is 28.6 Å². The molecule has 0 aliphatic rings. The molecule has 2 rings (SSSR count). The molecule has 0 spiro atoms. The molecule has 1 heterocycles. The summed E-state index contributed by atoms with van der Waals surface area (Å²) >= 11 is 0. The first-order chi connectivity index (χ1) is 8.67. The summed E-state index contributed by atoms with van der Waals surface area (Å²) in [5, 5.41) is 13.6. The second-order valence-corrected chi connectivity index (χ2v) is 4.29. The van der Waals surface area contributed by atoms with Gasteiger partial charge in [0.25, 0.3) is 0 Å². The van der Waals surface area contributed by atoms with E-state index in [-0.39, 0.29) is 6.61 Å². The van der Waals surface area contributed by atoms with Gasteiger partial charge >= 0.3 is 0 Å². The van der Waals surface area contributed by atoms with Crippen molar-refractivity contribution in [2.75, 3.05) is 13.7 Å². The molecule has 1 aromatic heterocycles. The van der Waals surface area contributed by atoms with Crippen LogP contribution in [-0.2, 0) is 6.42 Å². The highest BCUT2D eigenvalue weighted by Crippen LogP contribution is 2.26. The summed E-state index contributed by atoms with van der Waals surface area (Å²) in [6.45, 7) is 4.07. The van der Waals surface area contributed by atoms with Gasteiger partial charge in [0.2, 0.25) is 5.88 Å². The van der Waals surface area contributed by atoms with Crippen molar-refractivity contribution >= 4 is 0 Å². The van der Waals surface area contributed by atoms with E-state index in [4.69, 9.17) is 9.84 Å². The van der Waals surface area contributed by atoms with E-state index in [9.17, 15) is 0 Å². The number of benzene rings is 1. The molecular formula is C14H18N2O2. The average Bonchev–Trinajstić information content (AvgIpc) is 2.68. The van der Waals surface area contributed by atoms with Gasteiger partial charge in [0.1, 0.15) is 0 Å². The first-order valence-electron chi connectivity index (χ1n) is 5.97. The van der Waals surface area contributed by atoms with E-state index in [2.05, 4.69) is 5.10 Å². The lowest BCUT2D eigenvalue weighted by Crippen LogP contribution is -2.01. The Hall–Kier alpha value is -1.81. The van der Waals surface area contributed by atoms with Crippen LogP contribution in [0.2, 0.25) is 0 Å². The molecule has 0 radical (unpaired) electrons. The predicted octanol–water partition coefficient (Wildman–Crippen LogP) is 2.03. The molecule has 0 amide bonds. The SMILES string of the molecule is COc1c(CCO)c(C)nn1-c1ccc(C)cc1. The van der Waals surface area contributed by atoms with Crippen molar-refractivity contribution in [1.29, 1.82) is 0 Å². The number of aliphatic hydroxyl groups excluding tert-OH is 1. The van der Waals surface area contributed by atoms with E-state index in [0.29, 0.717) is 12.3 Å². The fraction of sp³-hybridized carbons (Fsp3) is 0.357. The van der Waals surface area contributed by atoms with Crippen molar-refractivity contribution in [3.05, 3.63) is 41.1 Å². The Morgan fingerprint density at radius 3 is 2.44 bits per heavy atom. The minimum atomic E-state index is 0.0940. The number of aryl methyl sites for hydroxylation is 2. The lowest BCUT2D eigenvalue weighted by molar-refractivity contribution is 0.295. The summed E-state index contributed by atoms with van der Waals surface area (Å²) in [7, 11) is 1.63. The average molecular weight is 246 g/mol. The Balaban J connectivity index is 2.50. The minimum Gasteiger partial charge on any atom is -0.481 e. The Morgan fingerprint density at radius 2 is 1.89 bits per heavy atom. The summed E-state index contributed by atoms with van der Waals surface area (Å²) in [6, 6.07) is 8.09. The largest absolute Gasteiger partial charge is 0.481 e. The number of aliphatic hydroxyl groups is 1. The highest BCUT2D eigenvalue weighted by atomic mass is 16.5. The predicted molar refractivity (Wildman–Crippen MR) is 70.4 cm³/mol. The van der Waals surface area contributed by atoms with E-state index in [1.165, 1.54) is 5.56 Å². The van der Waals surface area contributed by atoms with Crippen LogP contribution in [0, 0.1) is 13.8 Å². The molecule has 0 atom stereocenters. The maximum Gasteiger partial charge on any atom is 0.219 e. The summed E-state index contributed by atoms with van der Waals surface area (Å²) in [5.41, 5.74) is 4.02. The lowest BCUT2D eigenvalue weighted by atomic mass is 10.2. The lowest BCUT2D eigenvalue weighted by Gasteiger charge is -2.08. The summed E-state index contributed by atoms with van der Waals surface area (Å²) in [4.78, 5) is 0. The fourth-order valence-corrected chi connectivity index (χ4v) is 2.01. The van der Waals surface area contributed by atoms with E-state index >= 15 is 0 Å². The van der Waals surface area contributed by atoms with Crippen LogP contribution in [0.3, 0.4) is 0 Å². The van der Waals surface area contributed by atoms with Gasteiger partial charge in [-0.25, -0.2) is 4.68 Å². The Bertz CT molecular complexity index is 529. The van der Waals surface area contributed by atoms with E-state index < -0.39 is 0 Å². The number of hydrogen-bond acceptors (Lipinski definition) is 3. The molecule has 0 saturated heterocycles. The van der Waals surface area contributed by atoms with Crippen molar-refractivity contribution < 1.29 is 9.84 Å². The van der Waals surface area contributed by atoms with Crippen molar-refractivity contribution in [3.8, 4) is 11.6 Å². The molecule has 4 nitrogen and oxygen atoms in total. The first-order valence-corrected chi connectivity index (χ1v) is 5.97. The van der Waals surface area contributed by atoms with Crippen LogP contribution < -0.4 is 4.74 Å². The number of nitrogens with zero attached hydrogens (tertiary/aromatic N) is 2. The molecule has 0 fully saturated rings. The molecule has 2 aromatic rings. The van der Waals surface area contributed by atoms with Crippen LogP contribution in [0.15, 0.2) is 24.3 Å². The maximum atomic E-state index is 9.09. The second kappa shape index (κ2) is 5.23. The fourth-order valence-electron chi connectivity index (χ4n) is 2.01. The zero-order valence-electron chi connectivity index (χ0n) is 11.0. The molecule has 1 N–H and O–H groups in total. The third-order valence-corrected chi connectivity index (χ3v) is 2.97. The molecule has 0 aliphatic heterocycles. The van der Waals surface area contributed by atoms with Gasteiger partial charge < -0.3 is 9.84 Å². The van der Waals surface area contributed by atoms with Gasteiger partial charge in [-0.1, -0.05) is 17.7 Å². The minimum absolute atomic E-state index is 0.0940. The van der Waals surface area contributed by atoms with Crippen LogP contribution in [0.4, 0.5) is 0 Å². The number of hydrogen-bond donors (Lipinski definition) is 1. The van der Waals surface area contributed by atoms with Crippen LogP contribution in [0.1, 0.15) is 16.8 Å². The third kappa shape index (κ3) is 2.24. The van der Waals surface area contributed by atoms with Crippen LogP contribution in [0.25, 0.3) is 5.69 Å². The monoisotopic (exact) mass is 246 g/mol. The smallest absolute Gasteiger partial charge is 0.219 e. The zero-order chi connectivity index (χ0) is 13.1. The Kier molecular flexibility index (Phi) is 3.67. The summed E-state index contributed by atoms with van der Waals surface area (Å²) < 4.78 is 7.20. The van der Waals surface area contributed by atoms with E-state index in [1.807, 2.05) is 38.1 Å². The van der Waals surface area contributed by atoms with Crippen molar-refractivity contribution in [1.82, 2.24) is 9.78 Å². The quantitative estimate of drug-likeness (QED) is 0.898. The Morgan fingerprint density at radius 1 is 1.22 bits per heavy atom. The van der Waals surface area contributed by atoms with Crippen molar-refractivity contribution in [2.45, 2.75) is 20.3 Å². The van der Waals surface area contributed by atoms with Gasteiger partial charge in [-0.15, -0.1) is 0 Å². The van der Waals surface area contributed by atoms with Gasteiger partial charge in [0, 0.05) is 18.6 Å². The van der Waals surface area contributed by atoms with Gasteiger partial charge in [0.15, 0.2) is 0 Å². The number of ether oxygens (including phenoxy) is 1. The van der Waals surface area contributed by atoms with Gasteiger partial charge in [-0.2, -0.15) is 5.10 Å². The van der Waals surface area contributed by atoms with Gasteiger partial charge in [-0.3, -0.25) is 0 Å². The topological polar surface area (TPSA) is 47.3 Å². The summed E-state index contributed by atoms with van der Waals surface area (Å²) in [6.07, 6.45) is 0.556. The third-order valence-electron chi connectivity index (χ3n) is 2.97. The molecule has 0 unspecified atom stereocenters. The molecule has 0 aliphatic carbocycles. The number of aromatic nitrogens is 2. The standard InChI is InChI=1S/C14H18N2O2/c1-10-4-6-12(7-5-10)16-14(18-3)13(8-9-17)11(2)15-16/h4-7,17H,8-9H2,1-3H3. The highest BCUT2D eigenvalue weighted by Gasteiger charge is 2.16. The van der Waals surface area contributed by atoms with E-state index in [1.54, 1.807) is 11.8 Å². The molecule has 0 bridgehead atoms. The Labute approximate surface area is 107 Å². The summed E-state index contributed by atoms with van der Waals surface area (Å²) in [5.74, 6) is 0.699. The van der Waals surface area contributed by atoms with Crippen LogP contribution >= 0.6 is 0 Å². The van der Waals surface area contributed by atoms with E-state index in [0.717, 1.165) is 16.9 Å². The van der Waals surface area contributed by atoms with Crippen molar-refractivity contribution in [3.63, 3.8) is 0 Å².